The smallest absolute Gasteiger partial charge is 0.325 e. The summed E-state index contributed by atoms with van der Waals surface area (Å²) in [4.78, 5) is 40.9. The molecule has 6 nitrogen and oxygen atoms in total. The van der Waals surface area contributed by atoms with Gasteiger partial charge < -0.3 is 10.2 Å². The van der Waals surface area contributed by atoms with E-state index >= 15 is 0 Å². The molecule has 1 saturated heterocycles. The number of nitrogens with one attached hydrogen (secondary N) is 1. The maximum Gasteiger partial charge on any atom is 0.325 e. The molecular formula is C25H25N3O3. The van der Waals surface area contributed by atoms with E-state index < -0.39 is 17.5 Å². The van der Waals surface area contributed by atoms with E-state index in [2.05, 4.69) is 5.32 Å². The van der Waals surface area contributed by atoms with Gasteiger partial charge in [-0.2, -0.15) is 0 Å². The second kappa shape index (κ2) is 7.87. The number of aryl methyl sites for hydroxylation is 1. The van der Waals surface area contributed by atoms with Crippen LogP contribution in [0.25, 0.3) is 10.8 Å². The zero-order chi connectivity index (χ0) is 22.2. The number of hydrogen-bond donors (Lipinski definition) is 1. The lowest BCUT2D eigenvalue weighted by molar-refractivity contribution is -0.138. The summed E-state index contributed by atoms with van der Waals surface area (Å²) in [6.45, 7) is 3.72. The number of amides is 4. The van der Waals surface area contributed by atoms with E-state index in [4.69, 9.17) is 0 Å². The van der Waals surface area contributed by atoms with Crippen LogP contribution in [-0.4, -0.2) is 41.2 Å². The summed E-state index contributed by atoms with van der Waals surface area (Å²) in [6.07, 6.45) is 0. The molecule has 0 bridgehead atoms. The summed E-state index contributed by atoms with van der Waals surface area (Å²) < 4.78 is 0. The van der Waals surface area contributed by atoms with Gasteiger partial charge in [0.25, 0.3) is 5.91 Å². The van der Waals surface area contributed by atoms with Crippen molar-refractivity contribution in [3.05, 3.63) is 83.4 Å². The van der Waals surface area contributed by atoms with Crippen LogP contribution in [0.5, 0.6) is 0 Å². The third kappa shape index (κ3) is 3.89. The Morgan fingerprint density at radius 3 is 2.39 bits per heavy atom. The Hall–Kier alpha value is -3.67. The number of hydrogen-bond acceptors (Lipinski definition) is 3. The highest BCUT2D eigenvalue weighted by molar-refractivity contribution is 6.09. The predicted molar refractivity (Wildman–Crippen MR) is 119 cm³/mol. The largest absolute Gasteiger partial charge is 0.340 e. The van der Waals surface area contributed by atoms with E-state index in [-0.39, 0.29) is 12.5 Å². The van der Waals surface area contributed by atoms with Crippen LogP contribution < -0.4 is 5.32 Å². The van der Waals surface area contributed by atoms with Gasteiger partial charge in [-0.1, -0.05) is 66.2 Å². The minimum atomic E-state index is -1.18. The average Bonchev–Trinajstić information content (AvgIpc) is 2.97. The fourth-order valence-electron chi connectivity index (χ4n) is 3.88. The normalized spacial score (nSPS) is 18.4. The summed E-state index contributed by atoms with van der Waals surface area (Å²) in [6, 6.07) is 21.0. The molecule has 4 amide bonds. The van der Waals surface area contributed by atoms with Gasteiger partial charge in [-0.25, -0.2) is 4.79 Å². The van der Waals surface area contributed by atoms with Crippen molar-refractivity contribution in [2.45, 2.75) is 25.9 Å². The summed E-state index contributed by atoms with van der Waals surface area (Å²) in [7, 11) is 1.68. The third-order valence-electron chi connectivity index (χ3n) is 5.86. The Morgan fingerprint density at radius 2 is 1.68 bits per heavy atom. The van der Waals surface area contributed by atoms with E-state index in [0.717, 1.165) is 26.8 Å². The predicted octanol–water partition coefficient (Wildman–Crippen LogP) is 3.57. The van der Waals surface area contributed by atoms with Gasteiger partial charge in [0.05, 0.1) is 0 Å². The molecule has 0 radical (unpaired) electrons. The molecule has 1 atom stereocenters. The lowest BCUT2D eigenvalue weighted by Crippen LogP contribution is -2.43. The van der Waals surface area contributed by atoms with E-state index in [1.807, 2.05) is 73.7 Å². The van der Waals surface area contributed by atoms with Crippen LogP contribution in [0.15, 0.2) is 66.7 Å². The van der Waals surface area contributed by atoms with Gasteiger partial charge in [0.2, 0.25) is 5.91 Å². The Labute approximate surface area is 181 Å². The number of urea groups is 1. The van der Waals surface area contributed by atoms with Crippen molar-refractivity contribution in [2.75, 3.05) is 13.6 Å². The standard InChI is InChI=1S/C25H25N3O3/c1-17-8-12-21(13-9-17)25(2)23(30)28(24(31)26-25)16-22(29)27(3)15-18-10-11-19-6-4-5-7-20(19)14-18/h4-14H,15-16H2,1-3H3,(H,26,31). The second-order valence-electron chi connectivity index (χ2n) is 8.24. The summed E-state index contributed by atoms with van der Waals surface area (Å²) in [5.74, 6) is -0.723. The maximum atomic E-state index is 13.1. The van der Waals surface area contributed by atoms with Crippen LogP contribution in [0.2, 0.25) is 0 Å². The second-order valence-corrected chi connectivity index (χ2v) is 8.24. The summed E-state index contributed by atoms with van der Waals surface area (Å²) in [5, 5.41) is 4.98. The molecule has 0 aromatic heterocycles. The van der Waals surface area contributed by atoms with Crippen LogP contribution in [-0.2, 0) is 21.7 Å². The third-order valence-corrected chi connectivity index (χ3v) is 5.86. The van der Waals surface area contributed by atoms with Crippen LogP contribution in [0, 0.1) is 6.92 Å². The van der Waals surface area contributed by atoms with E-state index in [1.165, 1.54) is 4.90 Å². The van der Waals surface area contributed by atoms with Crippen LogP contribution in [0.4, 0.5) is 4.79 Å². The number of benzene rings is 3. The van der Waals surface area contributed by atoms with Gasteiger partial charge in [0.1, 0.15) is 12.1 Å². The molecule has 1 aliphatic rings. The van der Waals surface area contributed by atoms with Gasteiger partial charge in [0.15, 0.2) is 0 Å². The molecule has 6 heteroatoms. The first-order chi connectivity index (χ1) is 14.8. The van der Waals surface area contributed by atoms with Crippen molar-refractivity contribution in [2.24, 2.45) is 0 Å². The molecule has 3 aromatic rings. The first-order valence-electron chi connectivity index (χ1n) is 10.2. The number of fused-ring (bicyclic) bond motifs is 1. The minimum absolute atomic E-state index is 0.295. The molecule has 0 spiro atoms. The number of imide groups is 1. The van der Waals surface area contributed by atoms with Crippen LogP contribution in [0.3, 0.4) is 0 Å². The molecule has 1 unspecified atom stereocenters. The lowest BCUT2D eigenvalue weighted by atomic mass is 9.91. The van der Waals surface area contributed by atoms with Gasteiger partial charge in [-0.05, 0) is 41.8 Å². The average molecular weight is 415 g/mol. The minimum Gasteiger partial charge on any atom is -0.340 e. The van der Waals surface area contributed by atoms with Gasteiger partial charge in [-0.3, -0.25) is 14.5 Å². The molecule has 1 N–H and O–H groups in total. The Balaban J connectivity index is 1.46. The molecule has 1 fully saturated rings. The first kappa shape index (κ1) is 20.6. The topological polar surface area (TPSA) is 69.7 Å². The zero-order valence-electron chi connectivity index (χ0n) is 17.9. The fourth-order valence-corrected chi connectivity index (χ4v) is 3.88. The number of nitrogens with zero attached hydrogens (tertiary/aromatic N) is 2. The van der Waals surface area contributed by atoms with Crippen molar-refractivity contribution in [1.29, 1.82) is 0 Å². The molecule has 1 heterocycles. The molecule has 1 aliphatic heterocycles. The zero-order valence-corrected chi connectivity index (χ0v) is 17.9. The Morgan fingerprint density at radius 1 is 1.00 bits per heavy atom. The number of rotatable bonds is 5. The highest BCUT2D eigenvalue weighted by Gasteiger charge is 2.49. The number of carbonyl (C=O) groups excluding carboxylic acids is 3. The van der Waals surface area contributed by atoms with E-state index in [0.29, 0.717) is 12.1 Å². The maximum absolute atomic E-state index is 13.1. The van der Waals surface area contributed by atoms with Crippen LogP contribution >= 0.6 is 0 Å². The van der Waals surface area contributed by atoms with Crippen molar-refractivity contribution < 1.29 is 14.4 Å². The first-order valence-corrected chi connectivity index (χ1v) is 10.2. The molecule has 0 saturated carbocycles. The lowest BCUT2D eigenvalue weighted by Gasteiger charge is -2.23. The molecule has 31 heavy (non-hydrogen) atoms. The molecule has 158 valence electrons. The van der Waals surface area contributed by atoms with Crippen molar-refractivity contribution in [3.63, 3.8) is 0 Å². The summed E-state index contributed by atoms with van der Waals surface area (Å²) >= 11 is 0. The fraction of sp³-hybridized carbons (Fsp3) is 0.240. The van der Waals surface area contributed by atoms with E-state index in [1.54, 1.807) is 14.0 Å². The monoisotopic (exact) mass is 415 g/mol. The van der Waals surface area contributed by atoms with Crippen molar-refractivity contribution >= 4 is 28.6 Å². The molecule has 3 aromatic carbocycles. The van der Waals surface area contributed by atoms with Gasteiger partial charge >= 0.3 is 6.03 Å². The van der Waals surface area contributed by atoms with Gasteiger partial charge in [0, 0.05) is 13.6 Å². The van der Waals surface area contributed by atoms with Crippen molar-refractivity contribution in [1.82, 2.24) is 15.1 Å². The number of carbonyl (C=O) groups is 3. The SMILES string of the molecule is Cc1ccc(C2(C)NC(=O)N(CC(=O)N(C)Cc3ccc4ccccc4c3)C2=O)cc1. The Bertz CT molecular complexity index is 1170. The van der Waals surface area contributed by atoms with E-state index in [9.17, 15) is 14.4 Å². The van der Waals surface area contributed by atoms with Crippen molar-refractivity contribution in [3.8, 4) is 0 Å². The quantitative estimate of drug-likeness (QED) is 0.648. The Kier molecular flexibility index (Phi) is 5.23. The molecule has 4 rings (SSSR count). The van der Waals surface area contributed by atoms with Crippen LogP contribution in [0.1, 0.15) is 23.6 Å². The highest BCUT2D eigenvalue weighted by atomic mass is 16.2. The summed E-state index contributed by atoms with van der Waals surface area (Å²) in [5.41, 5.74) is 1.56. The molecule has 0 aliphatic carbocycles. The molecular weight excluding hydrogens is 390 g/mol. The van der Waals surface area contributed by atoms with Gasteiger partial charge in [-0.15, -0.1) is 0 Å². The number of likely N-dealkylation sites (N-methyl/N-ethyl adjacent to an activating group) is 1. The highest BCUT2D eigenvalue weighted by Crippen LogP contribution is 2.29.